The van der Waals surface area contributed by atoms with Gasteiger partial charge in [-0.1, -0.05) is 20.8 Å². The highest BCUT2D eigenvalue weighted by Crippen LogP contribution is 2.16. The first-order valence-corrected chi connectivity index (χ1v) is 8.02. The summed E-state index contributed by atoms with van der Waals surface area (Å²) in [5, 5.41) is 0. The molecule has 0 aliphatic carbocycles. The van der Waals surface area contributed by atoms with Crippen molar-refractivity contribution in [2.45, 2.75) is 47.0 Å². The van der Waals surface area contributed by atoms with E-state index in [0.29, 0.717) is 0 Å². The van der Waals surface area contributed by atoms with E-state index in [1.54, 1.807) is 6.92 Å². The fraction of sp³-hybridized carbons (Fsp3) is 0.727. The lowest BCUT2D eigenvalue weighted by Crippen LogP contribution is -2.53. The summed E-state index contributed by atoms with van der Waals surface area (Å²) >= 11 is 0. The lowest BCUT2D eigenvalue weighted by atomic mass is 10.5. The minimum Gasteiger partial charge on any atom is -0.431 e. The third kappa shape index (κ3) is 6.64. The van der Waals surface area contributed by atoms with E-state index < -0.39 is 27.0 Å². The van der Waals surface area contributed by atoms with E-state index in [4.69, 9.17) is 17.9 Å². The fourth-order valence-corrected chi connectivity index (χ4v) is 2.64. The van der Waals surface area contributed by atoms with Crippen LogP contribution < -0.4 is 0 Å². The Kier molecular flexibility index (Phi) is 8.76. The first-order valence-electron chi connectivity index (χ1n) is 6.39. The third-order valence-electron chi connectivity index (χ3n) is 1.86. The van der Waals surface area contributed by atoms with E-state index in [1.165, 1.54) is 20.8 Å². The maximum Gasteiger partial charge on any atom is 0.927 e. The molecule has 0 heterocycles. The average Bonchev–Trinajstić information content (AvgIpc) is 2.44. The minimum absolute atomic E-state index is 0.00239. The molecule has 8 nitrogen and oxygen atoms in total. The van der Waals surface area contributed by atoms with E-state index in [0.717, 1.165) is 0 Å². The van der Waals surface area contributed by atoms with Gasteiger partial charge in [0.2, 0.25) is 0 Å². The van der Waals surface area contributed by atoms with Gasteiger partial charge < -0.3 is 13.3 Å². The second kappa shape index (κ2) is 9.45. The summed E-state index contributed by atoms with van der Waals surface area (Å²) in [6, 6.07) is 0. The van der Waals surface area contributed by atoms with Gasteiger partial charge in [-0.3, -0.25) is 14.4 Å². The van der Waals surface area contributed by atoms with Gasteiger partial charge >= 0.3 is 9.05 Å². The van der Waals surface area contributed by atoms with Crippen molar-refractivity contribution in [3.05, 3.63) is 0 Å². The number of carbonyl (C=O) groups excluding carboxylic acids is 3. The first kappa shape index (κ1) is 18.5. The van der Waals surface area contributed by atoms with E-state index in [-0.39, 0.29) is 25.9 Å². The first-order chi connectivity index (χ1) is 9.42. The Hall–Kier alpha value is -1.45. The van der Waals surface area contributed by atoms with Crippen molar-refractivity contribution in [1.29, 1.82) is 0 Å². The average molecular weight is 308 g/mol. The van der Waals surface area contributed by atoms with Gasteiger partial charge in [0.1, 0.15) is 0 Å². The highest BCUT2D eigenvalue weighted by atomic mass is 28.4. The Bertz CT molecular complexity index is 298. The van der Waals surface area contributed by atoms with Crippen molar-refractivity contribution in [3.8, 4) is 0 Å². The van der Waals surface area contributed by atoms with Crippen LogP contribution in [0.2, 0.25) is 0 Å². The van der Waals surface area contributed by atoms with Crippen LogP contribution in [-0.4, -0.2) is 33.6 Å². The molecule has 0 rings (SSSR count). The molecule has 0 aromatic carbocycles. The van der Waals surface area contributed by atoms with Gasteiger partial charge in [0, 0.05) is 19.3 Å². The molecule has 0 spiro atoms. The van der Waals surface area contributed by atoms with Crippen LogP contribution in [0, 0.1) is 0 Å². The van der Waals surface area contributed by atoms with E-state index in [1.807, 2.05) is 0 Å². The van der Waals surface area contributed by atoms with Crippen LogP contribution in [0.25, 0.3) is 0 Å². The second-order valence-corrected chi connectivity index (χ2v) is 5.25. The van der Waals surface area contributed by atoms with Gasteiger partial charge in [-0.15, -0.1) is 0 Å². The molecule has 0 aliphatic heterocycles. The summed E-state index contributed by atoms with van der Waals surface area (Å²) in [6.07, 6.45) is -0.00718. The fourth-order valence-electron chi connectivity index (χ4n) is 0.879. The molecule has 0 aromatic rings. The highest BCUT2D eigenvalue weighted by molar-refractivity contribution is 6.59. The zero-order chi connectivity index (χ0) is 15.6. The van der Waals surface area contributed by atoms with Crippen LogP contribution in [0.3, 0.4) is 0 Å². The molecule has 0 radical (unpaired) electrons. The molecule has 0 fully saturated rings. The van der Waals surface area contributed by atoms with Gasteiger partial charge in [0.25, 0.3) is 17.9 Å². The van der Waals surface area contributed by atoms with Crippen LogP contribution in [0.1, 0.15) is 47.0 Å². The smallest absolute Gasteiger partial charge is 0.431 e. The molecule has 0 bridgehead atoms. The lowest BCUT2D eigenvalue weighted by molar-refractivity contribution is -0.265. The molecule has 0 unspecified atom stereocenters. The Balaban J connectivity index is 5.18. The van der Waals surface area contributed by atoms with Crippen molar-refractivity contribution in [2.75, 3.05) is 6.61 Å². The van der Waals surface area contributed by atoms with Crippen LogP contribution in [-0.2, 0) is 37.1 Å². The predicted octanol–water partition coefficient (Wildman–Crippen LogP) is 1.25. The Morgan fingerprint density at radius 2 is 1.10 bits per heavy atom. The molecule has 0 aliphatic rings. The monoisotopic (exact) mass is 308 g/mol. The van der Waals surface area contributed by atoms with Crippen molar-refractivity contribution in [2.24, 2.45) is 0 Å². The summed E-state index contributed by atoms with van der Waals surface area (Å²) in [7, 11) is -4.34. The number of hydrogen-bond donors (Lipinski definition) is 0. The molecule has 9 heteroatoms. The standard InChI is InChI=1S/C11H20O8Si/c1-5-9(12)16-20(19-15-8-4,17-10(13)6-2)18-11(14)7-3/h5-8H2,1-4H3. The van der Waals surface area contributed by atoms with Gasteiger partial charge in [0.15, 0.2) is 0 Å². The molecule has 0 saturated carbocycles. The summed E-state index contributed by atoms with van der Waals surface area (Å²) in [6.45, 7) is 6.29. The maximum absolute atomic E-state index is 11.4. The van der Waals surface area contributed by atoms with Crippen LogP contribution in [0.5, 0.6) is 0 Å². The second-order valence-electron chi connectivity index (χ2n) is 3.47. The van der Waals surface area contributed by atoms with Crippen molar-refractivity contribution in [3.63, 3.8) is 0 Å². The summed E-state index contributed by atoms with van der Waals surface area (Å²) in [5.41, 5.74) is 0. The minimum atomic E-state index is -4.34. The Morgan fingerprint density at radius 1 is 0.750 bits per heavy atom. The summed E-state index contributed by atoms with van der Waals surface area (Å²) in [4.78, 5) is 38.9. The van der Waals surface area contributed by atoms with Gasteiger partial charge in [0.05, 0.1) is 6.61 Å². The van der Waals surface area contributed by atoms with Gasteiger partial charge in [-0.25, -0.2) is 4.89 Å². The SMILES string of the molecule is CCOO[Si](OC(=O)CC)(OC(=O)CC)OC(=O)CC. The summed E-state index contributed by atoms with van der Waals surface area (Å²) < 4.78 is 19.5. The highest BCUT2D eigenvalue weighted by Gasteiger charge is 2.60. The summed E-state index contributed by atoms with van der Waals surface area (Å²) in [5.74, 6) is -2.20. The molecule has 0 amide bonds. The Labute approximate surface area is 118 Å². The molecular formula is C11H20O8Si. The molecule has 0 N–H and O–H groups in total. The molecule has 20 heavy (non-hydrogen) atoms. The molecular weight excluding hydrogens is 288 g/mol. The maximum atomic E-state index is 11.4. The van der Waals surface area contributed by atoms with Crippen molar-refractivity contribution < 1.29 is 37.1 Å². The quantitative estimate of drug-likeness (QED) is 0.356. The Morgan fingerprint density at radius 3 is 1.35 bits per heavy atom. The lowest BCUT2D eigenvalue weighted by Gasteiger charge is -2.23. The largest absolute Gasteiger partial charge is 0.927 e. The van der Waals surface area contributed by atoms with Crippen molar-refractivity contribution >= 4 is 27.0 Å². The zero-order valence-electron chi connectivity index (χ0n) is 12.1. The van der Waals surface area contributed by atoms with Crippen molar-refractivity contribution in [1.82, 2.24) is 0 Å². The van der Waals surface area contributed by atoms with E-state index >= 15 is 0 Å². The molecule has 0 aromatic heterocycles. The van der Waals surface area contributed by atoms with Crippen LogP contribution in [0.15, 0.2) is 0 Å². The van der Waals surface area contributed by atoms with Gasteiger partial charge in [-0.05, 0) is 6.92 Å². The van der Waals surface area contributed by atoms with E-state index in [2.05, 4.69) is 4.89 Å². The van der Waals surface area contributed by atoms with Crippen LogP contribution in [0.4, 0.5) is 0 Å². The molecule has 0 saturated heterocycles. The normalized spacial score (nSPS) is 10.8. The van der Waals surface area contributed by atoms with Gasteiger partial charge in [-0.2, -0.15) is 4.58 Å². The zero-order valence-corrected chi connectivity index (χ0v) is 13.1. The number of hydrogen-bond acceptors (Lipinski definition) is 8. The predicted molar refractivity (Wildman–Crippen MR) is 67.6 cm³/mol. The van der Waals surface area contributed by atoms with E-state index in [9.17, 15) is 14.4 Å². The number of rotatable bonds is 9. The number of carbonyl (C=O) groups is 3. The molecule has 0 atom stereocenters. The molecule has 116 valence electrons. The topological polar surface area (TPSA) is 97.4 Å². The van der Waals surface area contributed by atoms with Crippen LogP contribution >= 0.6 is 0 Å². The third-order valence-corrected chi connectivity index (χ3v) is 3.62.